The molecule has 4 rings (SSSR count). The smallest absolute Gasteiger partial charge is 0.308 e. The Morgan fingerprint density at radius 3 is 2.67 bits per heavy atom. The van der Waals surface area contributed by atoms with Crippen LogP contribution in [-0.4, -0.2) is 48.6 Å². The molecule has 2 aromatic carbocycles. The van der Waals surface area contributed by atoms with E-state index < -0.39 is 0 Å². The summed E-state index contributed by atoms with van der Waals surface area (Å²) in [5.74, 6) is 1.31. The molecule has 0 aromatic heterocycles. The molecule has 1 saturated carbocycles. The maximum absolute atomic E-state index is 13.1. The van der Waals surface area contributed by atoms with Crippen molar-refractivity contribution in [1.29, 1.82) is 0 Å². The Morgan fingerprint density at radius 2 is 1.97 bits per heavy atom. The third kappa shape index (κ3) is 7.06. The number of carbonyl (C=O) groups excluding carboxylic acids is 2. The van der Waals surface area contributed by atoms with Crippen LogP contribution in [0.1, 0.15) is 57.6 Å². The summed E-state index contributed by atoms with van der Waals surface area (Å²) in [7, 11) is 0. The minimum absolute atomic E-state index is 0.00643. The molecule has 210 valence electrons. The summed E-state index contributed by atoms with van der Waals surface area (Å²) < 4.78 is 6.55. The van der Waals surface area contributed by atoms with Crippen molar-refractivity contribution in [3.63, 3.8) is 0 Å². The number of halogens is 2. The second-order valence-electron chi connectivity index (χ2n) is 12.0. The fourth-order valence-corrected chi connectivity index (χ4v) is 7.50. The van der Waals surface area contributed by atoms with Crippen molar-refractivity contribution in [3.05, 3.63) is 76.3 Å². The van der Waals surface area contributed by atoms with Gasteiger partial charge in [0.2, 0.25) is 5.91 Å². The number of rotatable bonds is 9. The Morgan fingerprint density at radius 1 is 1.18 bits per heavy atom. The maximum Gasteiger partial charge on any atom is 0.308 e. The van der Waals surface area contributed by atoms with Gasteiger partial charge in [0.1, 0.15) is 5.75 Å². The number of nitrogens with zero attached hydrogens (tertiary/aromatic N) is 1. The minimum Gasteiger partial charge on any atom is -0.427 e. The molecule has 1 aliphatic carbocycles. The van der Waals surface area contributed by atoms with Crippen molar-refractivity contribution in [3.8, 4) is 5.75 Å². The van der Waals surface area contributed by atoms with Gasteiger partial charge in [0.05, 0.1) is 42.6 Å². The number of benzene rings is 2. The lowest BCUT2D eigenvalue weighted by atomic mass is 9.57. The topological polar surface area (TPSA) is 55.4 Å². The zero-order valence-electron chi connectivity index (χ0n) is 23.3. The lowest BCUT2D eigenvalue weighted by Crippen LogP contribution is -2.64. The molecule has 39 heavy (non-hydrogen) atoms. The predicted octanol–water partition coefficient (Wildman–Crippen LogP) is 6.75. The number of esters is 1. The highest BCUT2D eigenvalue weighted by Crippen LogP contribution is 2.51. The molecule has 2 aliphatic rings. The summed E-state index contributed by atoms with van der Waals surface area (Å²) >= 11 is 12.2. The molecule has 1 aliphatic heterocycles. The summed E-state index contributed by atoms with van der Waals surface area (Å²) in [6, 6.07) is 13.5. The first kappa shape index (κ1) is 29.6. The van der Waals surface area contributed by atoms with Crippen molar-refractivity contribution >= 4 is 35.1 Å². The predicted molar refractivity (Wildman–Crippen MR) is 158 cm³/mol. The van der Waals surface area contributed by atoms with E-state index in [1.54, 1.807) is 12.1 Å². The standard InChI is InChI=1S/C32H40Cl2N2O3/c1-5-14-36(20-22(2)3)15-13-32(25-7-6-8-28(18-25)39-23(4)37)19-27(11-10-26(32)21-36)35-31(38)17-24-9-12-29(33)30(34)16-24/h5-9,12,16,18,22,26-27H,1,10-11,13-15,17,19-21H2,2-4H3/p+1/t26?,27-,32-,36+/m1/s1. The third-order valence-corrected chi connectivity index (χ3v) is 9.29. The molecule has 2 aromatic rings. The zero-order valence-corrected chi connectivity index (χ0v) is 24.9. The van der Waals surface area contributed by atoms with Crippen molar-refractivity contribution in [1.82, 2.24) is 5.32 Å². The summed E-state index contributed by atoms with van der Waals surface area (Å²) in [6.45, 7) is 14.4. The van der Waals surface area contributed by atoms with Crippen molar-refractivity contribution < 1.29 is 18.8 Å². The molecule has 1 unspecified atom stereocenters. The molecular formula is C32H41Cl2N2O3+. The van der Waals surface area contributed by atoms with Crippen LogP contribution in [0, 0.1) is 11.8 Å². The average Bonchev–Trinajstić information content (AvgIpc) is 2.86. The number of hydrogen-bond acceptors (Lipinski definition) is 3. The van der Waals surface area contributed by atoms with E-state index in [0.29, 0.717) is 27.6 Å². The van der Waals surface area contributed by atoms with Gasteiger partial charge in [-0.3, -0.25) is 9.59 Å². The Labute approximate surface area is 243 Å². The first-order chi connectivity index (χ1) is 18.5. The lowest BCUT2D eigenvalue weighted by Gasteiger charge is -2.56. The second-order valence-corrected chi connectivity index (χ2v) is 12.8. The average molecular weight is 573 g/mol. The van der Waals surface area contributed by atoms with Gasteiger partial charge in [0.25, 0.3) is 0 Å². The van der Waals surface area contributed by atoms with Crippen LogP contribution in [0.4, 0.5) is 0 Å². The number of carbonyl (C=O) groups is 2. The van der Waals surface area contributed by atoms with Crippen LogP contribution in [-0.2, 0) is 21.4 Å². The molecule has 1 amide bonds. The number of likely N-dealkylation sites (tertiary alicyclic amines) is 1. The fraction of sp³-hybridized carbons (Fsp3) is 0.500. The van der Waals surface area contributed by atoms with Gasteiger partial charge in [-0.2, -0.15) is 0 Å². The molecule has 0 bridgehead atoms. The van der Waals surface area contributed by atoms with E-state index in [0.717, 1.165) is 61.9 Å². The van der Waals surface area contributed by atoms with E-state index in [1.165, 1.54) is 12.5 Å². The largest absolute Gasteiger partial charge is 0.427 e. The number of amides is 1. The van der Waals surface area contributed by atoms with Crippen molar-refractivity contribution in [2.24, 2.45) is 11.8 Å². The van der Waals surface area contributed by atoms with Crippen LogP contribution in [0.15, 0.2) is 55.1 Å². The Bertz CT molecular complexity index is 1220. The summed E-state index contributed by atoms with van der Waals surface area (Å²) in [5, 5.41) is 4.27. The van der Waals surface area contributed by atoms with Gasteiger partial charge in [0, 0.05) is 36.6 Å². The van der Waals surface area contributed by atoms with Crippen LogP contribution in [0.25, 0.3) is 0 Å². The molecule has 5 nitrogen and oxygen atoms in total. The Kier molecular flexibility index (Phi) is 9.46. The number of fused-ring (bicyclic) bond motifs is 1. The van der Waals surface area contributed by atoms with Gasteiger partial charge in [0.15, 0.2) is 0 Å². The molecule has 2 fully saturated rings. The fourth-order valence-electron chi connectivity index (χ4n) is 7.18. The third-order valence-electron chi connectivity index (χ3n) is 8.55. The summed E-state index contributed by atoms with van der Waals surface area (Å²) in [6.07, 6.45) is 6.19. The SMILES string of the molecule is C=CC[N@@+]1(CC(C)C)CC[C@]2(c3cccc(OC(C)=O)c3)C[C@H](NC(=O)Cc3ccc(Cl)c(Cl)c3)CCC2C1. The van der Waals surface area contributed by atoms with E-state index in [9.17, 15) is 9.59 Å². The van der Waals surface area contributed by atoms with Gasteiger partial charge >= 0.3 is 5.97 Å². The van der Waals surface area contributed by atoms with E-state index in [-0.39, 0.29) is 29.8 Å². The van der Waals surface area contributed by atoms with E-state index in [4.69, 9.17) is 27.9 Å². The van der Waals surface area contributed by atoms with Crippen molar-refractivity contribution in [2.45, 2.75) is 64.3 Å². The normalized spacial score (nSPS) is 26.5. The maximum atomic E-state index is 13.1. The summed E-state index contributed by atoms with van der Waals surface area (Å²) in [4.78, 5) is 24.8. The van der Waals surface area contributed by atoms with Crippen LogP contribution in [0.2, 0.25) is 10.0 Å². The monoisotopic (exact) mass is 571 g/mol. The van der Waals surface area contributed by atoms with Gasteiger partial charge in [-0.25, -0.2) is 0 Å². The van der Waals surface area contributed by atoms with Gasteiger partial charge in [-0.1, -0.05) is 61.8 Å². The number of quaternary nitrogens is 1. The molecule has 0 spiro atoms. The lowest BCUT2D eigenvalue weighted by molar-refractivity contribution is -0.935. The molecule has 0 radical (unpaired) electrons. The Balaban J connectivity index is 1.60. The first-order valence-electron chi connectivity index (χ1n) is 14.0. The molecular weight excluding hydrogens is 531 g/mol. The number of piperidine rings is 1. The highest BCUT2D eigenvalue weighted by atomic mass is 35.5. The highest BCUT2D eigenvalue weighted by molar-refractivity contribution is 6.42. The quantitative estimate of drug-likeness (QED) is 0.157. The van der Waals surface area contributed by atoms with Crippen LogP contribution < -0.4 is 10.1 Å². The molecule has 1 saturated heterocycles. The van der Waals surface area contributed by atoms with E-state index >= 15 is 0 Å². The number of nitrogens with one attached hydrogen (secondary N) is 1. The van der Waals surface area contributed by atoms with Gasteiger partial charge in [-0.15, -0.1) is 0 Å². The highest BCUT2D eigenvalue weighted by Gasteiger charge is 2.53. The van der Waals surface area contributed by atoms with Crippen molar-refractivity contribution in [2.75, 3.05) is 26.2 Å². The minimum atomic E-state index is -0.320. The van der Waals surface area contributed by atoms with Crippen LogP contribution >= 0.6 is 23.2 Å². The van der Waals surface area contributed by atoms with Crippen LogP contribution in [0.5, 0.6) is 5.75 Å². The molecule has 1 heterocycles. The molecule has 7 heteroatoms. The van der Waals surface area contributed by atoms with E-state index in [2.05, 4.69) is 37.9 Å². The summed E-state index contributed by atoms with van der Waals surface area (Å²) in [5.41, 5.74) is 1.95. The van der Waals surface area contributed by atoms with Gasteiger partial charge < -0.3 is 14.5 Å². The van der Waals surface area contributed by atoms with Gasteiger partial charge in [-0.05, 0) is 60.7 Å². The Hall–Kier alpha value is -2.34. The number of ether oxygens (including phenoxy) is 1. The molecule has 4 atom stereocenters. The number of hydrogen-bond donors (Lipinski definition) is 1. The van der Waals surface area contributed by atoms with Crippen LogP contribution in [0.3, 0.4) is 0 Å². The zero-order chi connectivity index (χ0) is 28.2. The molecule has 1 N–H and O–H groups in total. The first-order valence-corrected chi connectivity index (χ1v) is 14.8. The van der Waals surface area contributed by atoms with E-state index in [1.807, 2.05) is 24.3 Å². The second kappa shape index (κ2) is 12.4.